The van der Waals surface area contributed by atoms with Crippen LogP contribution in [0.2, 0.25) is 0 Å². The Hall–Kier alpha value is -3.75. The number of nitro benzene ring substituents is 1. The number of nitro groups is 1. The van der Waals surface area contributed by atoms with Crippen molar-refractivity contribution in [2.75, 3.05) is 0 Å². The molecule has 2 rings (SSSR count). The first kappa shape index (κ1) is 18.6. The minimum atomic E-state index is -1.32. The van der Waals surface area contributed by atoms with Gasteiger partial charge in [0.2, 0.25) is 0 Å². The van der Waals surface area contributed by atoms with E-state index >= 15 is 0 Å². The maximum atomic E-state index is 11.9. The van der Waals surface area contributed by atoms with Gasteiger partial charge in [-0.2, -0.15) is 5.10 Å². The van der Waals surface area contributed by atoms with Crippen LogP contribution in [0, 0.1) is 10.1 Å². The SMILES string of the molecule is C[C@@H](Oc1ccc(C=NNC(=O)c2cccc([N+](=O)[O-])c2)cc1)C(=O)[O-]. The number of hydrazone groups is 1. The van der Waals surface area contributed by atoms with Crippen LogP contribution in [-0.4, -0.2) is 29.1 Å². The number of non-ortho nitro benzene ring substituents is 1. The molecule has 9 nitrogen and oxygen atoms in total. The molecule has 26 heavy (non-hydrogen) atoms. The molecular weight excluding hydrogens is 342 g/mol. The maximum absolute atomic E-state index is 11.9. The Morgan fingerprint density at radius 2 is 1.92 bits per heavy atom. The predicted molar refractivity (Wildman–Crippen MR) is 89.7 cm³/mol. The second kappa shape index (κ2) is 8.38. The monoisotopic (exact) mass is 356 g/mol. The van der Waals surface area contributed by atoms with Gasteiger partial charge in [0.25, 0.3) is 11.6 Å². The van der Waals surface area contributed by atoms with Crippen molar-refractivity contribution in [3.8, 4) is 5.75 Å². The van der Waals surface area contributed by atoms with Gasteiger partial charge in [-0.25, -0.2) is 5.43 Å². The van der Waals surface area contributed by atoms with Gasteiger partial charge in [0.15, 0.2) is 0 Å². The first-order valence-corrected chi connectivity index (χ1v) is 7.42. The van der Waals surface area contributed by atoms with Gasteiger partial charge in [-0.05, 0) is 42.8 Å². The molecule has 0 saturated carbocycles. The summed E-state index contributed by atoms with van der Waals surface area (Å²) in [6.45, 7) is 1.36. The van der Waals surface area contributed by atoms with Crippen molar-refractivity contribution in [1.82, 2.24) is 5.43 Å². The van der Waals surface area contributed by atoms with Crippen molar-refractivity contribution in [3.05, 3.63) is 69.8 Å². The molecule has 2 aromatic carbocycles. The Bertz CT molecular complexity index is 848. The highest BCUT2D eigenvalue weighted by molar-refractivity contribution is 5.95. The minimum absolute atomic E-state index is 0.108. The summed E-state index contributed by atoms with van der Waals surface area (Å²) >= 11 is 0. The summed E-state index contributed by atoms with van der Waals surface area (Å²) in [7, 11) is 0. The molecule has 9 heteroatoms. The van der Waals surface area contributed by atoms with Crippen LogP contribution < -0.4 is 15.3 Å². The number of nitrogens with one attached hydrogen (secondary N) is 1. The zero-order valence-corrected chi connectivity index (χ0v) is 13.6. The summed E-state index contributed by atoms with van der Waals surface area (Å²) in [5.74, 6) is -1.56. The number of amides is 1. The van der Waals surface area contributed by atoms with Crippen molar-refractivity contribution in [3.63, 3.8) is 0 Å². The standard InChI is InChI=1S/C17H15N3O6/c1-11(17(22)23)26-15-7-5-12(6-8-15)10-18-19-16(21)13-3-2-4-14(9-13)20(24)25/h2-11H,1H3,(H,19,21)(H,22,23)/p-1/t11-/m1/s1. The van der Waals surface area contributed by atoms with Crippen LogP contribution in [0.5, 0.6) is 5.75 Å². The predicted octanol–water partition coefficient (Wildman–Crippen LogP) is 0.876. The molecule has 0 aliphatic carbocycles. The van der Waals surface area contributed by atoms with Crippen LogP contribution in [0.25, 0.3) is 0 Å². The number of aliphatic carboxylic acids is 1. The third-order valence-electron chi connectivity index (χ3n) is 3.22. The van der Waals surface area contributed by atoms with E-state index in [4.69, 9.17) is 4.74 Å². The Morgan fingerprint density at radius 1 is 1.23 bits per heavy atom. The minimum Gasteiger partial charge on any atom is -0.546 e. The van der Waals surface area contributed by atoms with Gasteiger partial charge in [-0.15, -0.1) is 0 Å². The summed E-state index contributed by atoms with van der Waals surface area (Å²) in [4.78, 5) is 32.6. The number of carboxylic acid groups (broad SMARTS) is 1. The molecule has 0 spiro atoms. The van der Waals surface area contributed by atoms with E-state index in [1.54, 1.807) is 24.3 Å². The average Bonchev–Trinajstić information content (AvgIpc) is 2.63. The summed E-state index contributed by atoms with van der Waals surface area (Å²) < 4.78 is 5.13. The van der Waals surface area contributed by atoms with Gasteiger partial charge in [0.05, 0.1) is 17.1 Å². The van der Waals surface area contributed by atoms with Crippen molar-refractivity contribution in [1.29, 1.82) is 0 Å². The van der Waals surface area contributed by atoms with E-state index in [1.165, 1.54) is 31.3 Å². The number of benzene rings is 2. The lowest BCUT2D eigenvalue weighted by atomic mass is 10.2. The molecule has 0 bridgehead atoms. The lowest BCUT2D eigenvalue weighted by Gasteiger charge is -2.15. The quantitative estimate of drug-likeness (QED) is 0.444. The third kappa shape index (κ3) is 5.13. The van der Waals surface area contributed by atoms with Crippen molar-refractivity contribution >= 4 is 23.8 Å². The molecule has 0 aromatic heterocycles. The van der Waals surface area contributed by atoms with E-state index in [-0.39, 0.29) is 11.3 Å². The average molecular weight is 356 g/mol. The maximum Gasteiger partial charge on any atom is 0.271 e. The molecule has 0 radical (unpaired) electrons. The van der Waals surface area contributed by atoms with Gasteiger partial charge >= 0.3 is 0 Å². The molecular formula is C17H14N3O6-. The van der Waals surface area contributed by atoms with E-state index < -0.39 is 22.9 Å². The Morgan fingerprint density at radius 3 is 2.54 bits per heavy atom. The van der Waals surface area contributed by atoms with Gasteiger partial charge in [0, 0.05) is 17.7 Å². The van der Waals surface area contributed by atoms with Crippen molar-refractivity contribution in [2.45, 2.75) is 13.0 Å². The van der Waals surface area contributed by atoms with E-state index in [0.29, 0.717) is 11.3 Å². The Kier molecular flexibility index (Phi) is 5.99. The summed E-state index contributed by atoms with van der Waals surface area (Å²) in [6.07, 6.45) is 0.282. The molecule has 0 fully saturated rings. The second-order valence-electron chi connectivity index (χ2n) is 5.15. The number of nitrogens with zero attached hydrogens (tertiary/aromatic N) is 2. The summed E-state index contributed by atoms with van der Waals surface area (Å²) in [6, 6.07) is 11.6. The number of hydrogen-bond donors (Lipinski definition) is 1. The van der Waals surface area contributed by atoms with Gasteiger partial charge in [-0.3, -0.25) is 14.9 Å². The molecule has 0 heterocycles. The number of hydrogen-bond acceptors (Lipinski definition) is 7. The highest BCUT2D eigenvalue weighted by Crippen LogP contribution is 2.14. The molecule has 1 N–H and O–H groups in total. The second-order valence-corrected chi connectivity index (χ2v) is 5.15. The molecule has 1 amide bonds. The molecule has 1 atom stereocenters. The molecule has 0 unspecified atom stereocenters. The summed E-state index contributed by atoms with van der Waals surface area (Å²) in [5, 5.41) is 25.1. The van der Waals surface area contributed by atoms with E-state index in [0.717, 1.165) is 6.07 Å². The zero-order valence-electron chi connectivity index (χ0n) is 13.6. The van der Waals surface area contributed by atoms with Crippen molar-refractivity contribution < 1.29 is 24.4 Å². The molecule has 0 aliphatic rings. The normalized spacial score (nSPS) is 11.7. The molecule has 0 saturated heterocycles. The fraction of sp³-hybridized carbons (Fsp3) is 0.118. The highest BCUT2D eigenvalue weighted by Gasteiger charge is 2.10. The number of rotatable bonds is 7. The van der Waals surface area contributed by atoms with Crippen LogP contribution in [0.4, 0.5) is 5.69 Å². The molecule has 0 aliphatic heterocycles. The van der Waals surface area contributed by atoms with Crippen LogP contribution in [0.3, 0.4) is 0 Å². The number of carbonyl (C=O) groups is 2. The van der Waals surface area contributed by atoms with E-state index in [9.17, 15) is 24.8 Å². The largest absolute Gasteiger partial charge is 0.546 e. The number of carboxylic acids is 1. The Labute approximate surface area is 148 Å². The highest BCUT2D eigenvalue weighted by atomic mass is 16.6. The summed E-state index contributed by atoms with van der Waals surface area (Å²) in [5.41, 5.74) is 2.81. The van der Waals surface area contributed by atoms with Gasteiger partial charge in [0.1, 0.15) is 11.9 Å². The topological polar surface area (TPSA) is 134 Å². The molecule has 2 aromatic rings. The fourth-order valence-corrected chi connectivity index (χ4v) is 1.88. The molecule has 134 valence electrons. The van der Waals surface area contributed by atoms with Gasteiger partial charge < -0.3 is 14.6 Å². The van der Waals surface area contributed by atoms with Crippen LogP contribution in [0.15, 0.2) is 53.6 Å². The lowest BCUT2D eigenvalue weighted by Crippen LogP contribution is -2.37. The van der Waals surface area contributed by atoms with E-state index in [2.05, 4.69) is 10.5 Å². The lowest BCUT2D eigenvalue weighted by molar-refractivity contribution is -0.384. The van der Waals surface area contributed by atoms with Crippen LogP contribution >= 0.6 is 0 Å². The van der Waals surface area contributed by atoms with Crippen LogP contribution in [-0.2, 0) is 4.79 Å². The van der Waals surface area contributed by atoms with E-state index in [1.807, 2.05) is 0 Å². The third-order valence-corrected chi connectivity index (χ3v) is 3.22. The van der Waals surface area contributed by atoms with Crippen LogP contribution in [0.1, 0.15) is 22.8 Å². The Balaban J connectivity index is 1.95. The zero-order chi connectivity index (χ0) is 19.1. The fourth-order valence-electron chi connectivity index (χ4n) is 1.88. The number of ether oxygens (including phenoxy) is 1. The number of carbonyl (C=O) groups excluding carboxylic acids is 2. The van der Waals surface area contributed by atoms with Crippen molar-refractivity contribution in [2.24, 2.45) is 5.10 Å². The van der Waals surface area contributed by atoms with Gasteiger partial charge in [-0.1, -0.05) is 6.07 Å². The first-order valence-electron chi connectivity index (χ1n) is 7.42. The smallest absolute Gasteiger partial charge is 0.271 e. The first-order chi connectivity index (χ1) is 12.4.